The minimum Gasteiger partial charge on any atom is -0.478 e. The summed E-state index contributed by atoms with van der Waals surface area (Å²) >= 11 is 0. The van der Waals surface area contributed by atoms with Crippen LogP contribution >= 0.6 is 0 Å². The van der Waals surface area contributed by atoms with Crippen molar-refractivity contribution in [2.45, 2.75) is 6.92 Å². The number of carboxylic acid groups (broad SMARTS) is 1. The van der Waals surface area contributed by atoms with Crippen molar-refractivity contribution < 1.29 is 9.90 Å². The van der Waals surface area contributed by atoms with Crippen LogP contribution in [0.25, 0.3) is 11.2 Å². The molecule has 0 atom stereocenters. The second kappa shape index (κ2) is 2.80. The van der Waals surface area contributed by atoms with Gasteiger partial charge in [0, 0.05) is 13.2 Å². The van der Waals surface area contributed by atoms with Crippen LogP contribution in [0.2, 0.25) is 0 Å². The molecule has 0 unspecified atom stereocenters. The molecule has 2 heterocycles. The molecule has 0 aliphatic rings. The second-order valence-corrected chi connectivity index (χ2v) is 3.05. The summed E-state index contributed by atoms with van der Waals surface area (Å²) in [6.45, 7) is 1.81. The standard InChI is InChI=1S/C9H9N3O2/c1-5-11-7-6(9(13)14)3-4-10-8(7)12(5)2/h3-4H,1-2H3,(H,13,14). The second-order valence-electron chi connectivity index (χ2n) is 3.05. The monoisotopic (exact) mass is 191 g/mol. The van der Waals surface area contributed by atoms with Gasteiger partial charge in [0.25, 0.3) is 0 Å². The fourth-order valence-corrected chi connectivity index (χ4v) is 1.36. The fourth-order valence-electron chi connectivity index (χ4n) is 1.36. The van der Waals surface area contributed by atoms with Crippen LogP contribution in [0.15, 0.2) is 12.3 Å². The third-order valence-corrected chi connectivity index (χ3v) is 2.21. The number of nitrogens with zero attached hydrogens (tertiary/aromatic N) is 3. The van der Waals surface area contributed by atoms with E-state index < -0.39 is 5.97 Å². The molecule has 0 aliphatic heterocycles. The van der Waals surface area contributed by atoms with Crippen molar-refractivity contribution in [1.82, 2.24) is 14.5 Å². The Hall–Kier alpha value is -1.91. The molecule has 0 bridgehead atoms. The van der Waals surface area contributed by atoms with E-state index in [0.29, 0.717) is 11.2 Å². The largest absolute Gasteiger partial charge is 0.478 e. The van der Waals surface area contributed by atoms with Gasteiger partial charge in [-0.15, -0.1) is 0 Å². The van der Waals surface area contributed by atoms with Crippen molar-refractivity contribution in [1.29, 1.82) is 0 Å². The molecule has 5 nitrogen and oxygen atoms in total. The first-order valence-electron chi connectivity index (χ1n) is 4.12. The third kappa shape index (κ3) is 1.06. The van der Waals surface area contributed by atoms with Crippen molar-refractivity contribution in [2.24, 2.45) is 7.05 Å². The smallest absolute Gasteiger partial charge is 0.338 e. The molecule has 0 saturated heterocycles. The third-order valence-electron chi connectivity index (χ3n) is 2.21. The van der Waals surface area contributed by atoms with Gasteiger partial charge < -0.3 is 9.67 Å². The molecule has 0 radical (unpaired) electrons. The average Bonchev–Trinajstić information content (AvgIpc) is 2.43. The van der Waals surface area contributed by atoms with E-state index in [9.17, 15) is 4.79 Å². The Morgan fingerprint density at radius 1 is 1.57 bits per heavy atom. The molecule has 0 spiro atoms. The Kier molecular flexibility index (Phi) is 1.73. The summed E-state index contributed by atoms with van der Waals surface area (Å²) in [4.78, 5) is 19.1. The molecule has 2 aromatic rings. The number of aromatic nitrogens is 3. The predicted octanol–water partition coefficient (Wildman–Crippen LogP) is 0.975. The van der Waals surface area contributed by atoms with Gasteiger partial charge in [-0.05, 0) is 13.0 Å². The molecule has 2 rings (SSSR count). The van der Waals surface area contributed by atoms with Gasteiger partial charge >= 0.3 is 5.97 Å². The summed E-state index contributed by atoms with van der Waals surface area (Å²) in [5, 5.41) is 8.91. The highest BCUT2D eigenvalue weighted by Crippen LogP contribution is 2.16. The molecule has 1 N–H and O–H groups in total. The Bertz CT molecular complexity index is 516. The van der Waals surface area contributed by atoms with Crippen LogP contribution in [0, 0.1) is 6.92 Å². The number of hydrogen-bond donors (Lipinski definition) is 1. The van der Waals surface area contributed by atoms with Crippen LogP contribution in [-0.4, -0.2) is 25.6 Å². The van der Waals surface area contributed by atoms with Crippen molar-refractivity contribution in [3.63, 3.8) is 0 Å². The molecule has 2 aromatic heterocycles. The highest BCUT2D eigenvalue weighted by molar-refractivity contribution is 5.99. The van der Waals surface area contributed by atoms with Gasteiger partial charge in [-0.25, -0.2) is 14.8 Å². The summed E-state index contributed by atoms with van der Waals surface area (Å²) < 4.78 is 1.77. The number of rotatable bonds is 1. The van der Waals surface area contributed by atoms with Crippen LogP contribution in [0.5, 0.6) is 0 Å². The van der Waals surface area contributed by atoms with E-state index in [-0.39, 0.29) is 5.56 Å². The fraction of sp³-hybridized carbons (Fsp3) is 0.222. The van der Waals surface area contributed by atoms with E-state index in [4.69, 9.17) is 5.11 Å². The quantitative estimate of drug-likeness (QED) is 0.729. The zero-order valence-electron chi connectivity index (χ0n) is 7.85. The summed E-state index contributed by atoms with van der Waals surface area (Å²) in [7, 11) is 1.81. The van der Waals surface area contributed by atoms with E-state index in [0.717, 1.165) is 5.82 Å². The molecular formula is C9H9N3O2. The van der Waals surface area contributed by atoms with Crippen LogP contribution in [0.4, 0.5) is 0 Å². The first kappa shape index (κ1) is 8.68. The van der Waals surface area contributed by atoms with Gasteiger partial charge in [0.2, 0.25) is 0 Å². The van der Waals surface area contributed by atoms with Crippen LogP contribution < -0.4 is 0 Å². The number of hydrogen-bond acceptors (Lipinski definition) is 3. The Labute approximate surface area is 80.0 Å². The summed E-state index contributed by atoms with van der Waals surface area (Å²) in [6.07, 6.45) is 1.48. The molecule has 0 aromatic carbocycles. The first-order chi connectivity index (χ1) is 6.61. The topological polar surface area (TPSA) is 68.0 Å². The highest BCUT2D eigenvalue weighted by atomic mass is 16.4. The number of fused-ring (bicyclic) bond motifs is 1. The Balaban J connectivity index is 2.88. The van der Waals surface area contributed by atoms with E-state index >= 15 is 0 Å². The zero-order chi connectivity index (χ0) is 10.3. The summed E-state index contributed by atoms with van der Waals surface area (Å²) in [6, 6.07) is 1.46. The molecule has 5 heteroatoms. The molecule has 14 heavy (non-hydrogen) atoms. The maximum absolute atomic E-state index is 10.9. The van der Waals surface area contributed by atoms with E-state index in [2.05, 4.69) is 9.97 Å². The van der Waals surface area contributed by atoms with Crippen LogP contribution in [0.1, 0.15) is 16.2 Å². The SMILES string of the molecule is Cc1nc2c(C(=O)O)ccnc2n1C. The normalized spacial score (nSPS) is 10.7. The maximum Gasteiger partial charge on any atom is 0.338 e. The van der Waals surface area contributed by atoms with Crippen molar-refractivity contribution in [3.8, 4) is 0 Å². The molecular weight excluding hydrogens is 182 g/mol. The lowest BCUT2D eigenvalue weighted by atomic mass is 10.2. The van der Waals surface area contributed by atoms with Crippen molar-refractivity contribution in [3.05, 3.63) is 23.7 Å². The number of pyridine rings is 1. The Morgan fingerprint density at radius 3 is 2.93 bits per heavy atom. The number of aromatic carboxylic acids is 1. The van der Waals surface area contributed by atoms with Crippen LogP contribution in [0.3, 0.4) is 0 Å². The van der Waals surface area contributed by atoms with Gasteiger partial charge in [0.15, 0.2) is 5.65 Å². The Morgan fingerprint density at radius 2 is 2.29 bits per heavy atom. The molecule has 0 amide bonds. The van der Waals surface area contributed by atoms with E-state index in [1.165, 1.54) is 12.3 Å². The van der Waals surface area contributed by atoms with Gasteiger partial charge in [-0.3, -0.25) is 0 Å². The van der Waals surface area contributed by atoms with Gasteiger partial charge in [-0.2, -0.15) is 0 Å². The van der Waals surface area contributed by atoms with E-state index in [1.807, 2.05) is 14.0 Å². The lowest BCUT2D eigenvalue weighted by Gasteiger charge is -1.96. The number of aryl methyl sites for hydroxylation is 2. The van der Waals surface area contributed by atoms with Crippen molar-refractivity contribution >= 4 is 17.1 Å². The molecule has 0 saturated carbocycles. The highest BCUT2D eigenvalue weighted by Gasteiger charge is 2.13. The molecule has 72 valence electrons. The van der Waals surface area contributed by atoms with Gasteiger partial charge in [-0.1, -0.05) is 0 Å². The maximum atomic E-state index is 10.9. The van der Waals surface area contributed by atoms with Gasteiger partial charge in [0.05, 0.1) is 5.56 Å². The minimum atomic E-state index is -0.976. The zero-order valence-corrected chi connectivity index (χ0v) is 7.85. The van der Waals surface area contributed by atoms with Crippen LogP contribution in [-0.2, 0) is 7.05 Å². The van der Waals surface area contributed by atoms with Gasteiger partial charge in [0.1, 0.15) is 11.3 Å². The number of imidazole rings is 1. The summed E-state index contributed by atoms with van der Waals surface area (Å²) in [5.41, 5.74) is 1.24. The predicted molar refractivity (Wildman–Crippen MR) is 50.2 cm³/mol. The summed E-state index contributed by atoms with van der Waals surface area (Å²) in [5.74, 6) is -0.225. The van der Waals surface area contributed by atoms with Crippen molar-refractivity contribution in [2.75, 3.05) is 0 Å². The molecule has 0 aliphatic carbocycles. The average molecular weight is 191 g/mol. The number of carboxylic acids is 1. The minimum absolute atomic E-state index is 0.193. The van der Waals surface area contributed by atoms with E-state index in [1.54, 1.807) is 4.57 Å². The lowest BCUT2D eigenvalue weighted by Crippen LogP contribution is -1.98. The first-order valence-corrected chi connectivity index (χ1v) is 4.12. The lowest BCUT2D eigenvalue weighted by molar-refractivity contribution is 0.0699. The molecule has 0 fully saturated rings. The number of carbonyl (C=O) groups is 1.